The summed E-state index contributed by atoms with van der Waals surface area (Å²) < 4.78 is 16.2. The lowest BCUT2D eigenvalue weighted by Gasteiger charge is -2.13. The van der Waals surface area contributed by atoms with Crippen molar-refractivity contribution < 1.29 is 14.2 Å². The summed E-state index contributed by atoms with van der Waals surface area (Å²) in [5.74, 6) is 0. The van der Waals surface area contributed by atoms with Crippen molar-refractivity contribution in [2.24, 2.45) is 0 Å². The molecule has 0 aromatic carbocycles. The van der Waals surface area contributed by atoms with Gasteiger partial charge in [0.2, 0.25) is 0 Å². The molecule has 16 heavy (non-hydrogen) atoms. The van der Waals surface area contributed by atoms with Gasteiger partial charge in [-0.1, -0.05) is 24.3 Å². The average molecular weight is 228 g/mol. The van der Waals surface area contributed by atoms with Gasteiger partial charge in [0.25, 0.3) is 0 Å². The van der Waals surface area contributed by atoms with Crippen LogP contribution >= 0.6 is 0 Å². The molecule has 0 aliphatic carbocycles. The van der Waals surface area contributed by atoms with Crippen LogP contribution in [-0.2, 0) is 14.2 Å². The molecule has 0 aromatic rings. The number of rotatable bonds is 10. The van der Waals surface area contributed by atoms with E-state index in [0.29, 0.717) is 33.0 Å². The van der Waals surface area contributed by atoms with E-state index in [1.54, 1.807) is 0 Å². The van der Waals surface area contributed by atoms with Gasteiger partial charge in [0.15, 0.2) is 0 Å². The summed E-state index contributed by atoms with van der Waals surface area (Å²) in [5.41, 5.74) is 2.05. The second-order valence-corrected chi connectivity index (χ2v) is 4.16. The first-order valence-electron chi connectivity index (χ1n) is 5.58. The molecule has 0 rings (SSSR count). The van der Waals surface area contributed by atoms with E-state index >= 15 is 0 Å². The van der Waals surface area contributed by atoms with E-state index in [0.717, 1.165) is 11.1 Å². The fourth-order valence-corrected chi connectivity index (χ4v) is 0.946. The van der Waals surface area contributed by atoms with Crippen LogP contribution in [-0.4, -0.2) is 39.1 Å². The Labute approximate surface area is 99.1 Å². The average Bonchev–Trinajstić information content (AvgIpc) is 2.19. The summed E-state index contributed by atoms with van der Waals surface area (Å²) in [7, 11) is 0. The van der Waals surface area contributed by atoms with Crippen LogP contribution in [0, 0.1) is 0 Å². The van der Waals surface area contributed by atoms with Crippen molar-refractivity contribution >= 4 is 0 Å². The Morgan fingerprint density at radius 3 is 2.12 bits per heavy atom. The van der Waals surface area contributed by atoms with E-state index < -0.39 is 0 Å². The molecule has 1 unspecified atom stereocenters. The first-order valence-corrected chi connectivity index (χ1v) is 5.58. The minimum atomic E-state index is 0.0952. The highest BCUT2D eigenvalue weighted by Crippen LogP contribution is 1.96. The lowest BCUT2D eigenvalue weighted by molar-refractivity contribution is -0.0149. The normalized spacial score (nSPS) is 12.4. The molecular formula is C13H24O3. The van der Waals surface area contributed by atoms with E-state index in [4.69, 9.17) is 14.2 Å². The van der Waals surface area contributed by atoms with Crippen molar-refractivity contribution in [2.75, 3.05) is 33.0 Å². The Hall–Kier alpha value is -0.640. The summed E-state index contributed by atoms with van der Waals surface area (Å²) >= 11 is 0. The minimum absolute atomic E-state index is 0.0952. The molecular weight excluding hydrogens is 204 g/mol. The predicted octanol–water partition coefficient (Wildman–Crippen LogP) is 2.58. The van der Waals surface area contributed by atoms with Gasteiger partial charge in [0.05, 0.1) is 39.1 Å². The predicted molar refractivity (Wildman–Crippen MR) is 66.7 cm³/mol. The van der Waals surface area contributed by atoms with Crippen LogP contribution in [0.3, 0.4) is 0 Å². The molecule has 0 saturated carbocycles. The van der Waals surface area contributed by atoms with E-state index in [1.165, 1.54) is 0 Å². The minimum Gasteiger partial charge on any atom is -0.376 e. The molecule has 0 heterocycles. The zero-order valence-corrected chi connectivity index (χ0v) is 10.8. The lowest BCUT2D eigenvalue weighted by Crippen LogP contribution is -2.18. The third-order valence-electron chi connectivity index (χ3n) is 1.69. The van der Waals surface area contributed by atoms with E-state index in [9.17, 15) is 0 Å². The van der Waals surface area contributed by atoms with E-state index in [-0.39, 0.29) is 6.10 Å². The smallest absolute Gasteiger partial charge is 0.0784 e. The van der Waals surface area contributed by atoms with Crippen LogP contribution in [0.4, 0.5) is 0 Å². The Balaban J connectivity index is 3.24. The SMILES string of the molecule is C=C(C)COCCOCC(C)OCC(=C)C. The molecule has 1 atom stereocenters. The van der Waals surface area contributed by atoms with Crippen molar-refractivity contribution in [1.82, 2.24) is 0 Å². The van der Waals surface area contributed by atoms with Crippen molar-refractivity contribution in [1.29, 1.82) is 0 Å². The Bertz CT molecular complexity index is 211. The van der Waals surface area contributed by atoms with Crippen LogP contribution in [0.1, 0.15) is 20.8 Å². The maximum absolute atomic E-state index is 5.47. The van der Waals surface area contributed by atoms with Gasteiger partial charge in [0.1, 0.15) is 0 Å². The summed E-state index contributed by atoms with van der Waals surface area (Å²) in [6.07, 6.45) is 0.0952. The molecule has 3 heteroatoms. The molecule has 0 saturated heterocycles. The second kappa shape index (κ2) is 9.58. The largest absolute Gasteiger partial charge is 0.376 e. The van der Waals surface area contributed by atoms with Gasteiger partial charge < -0.3 is 14.2 Å². The van der Waals surface area contributed by atoms with Gasteiger partial charge >= 0.3 is 0 Å². The molecule has 3 nitrogen and oxygen atoms in total. The van der Waals surface area contributed by atoms with Gasteiger partial charge in [-0.05, 0) is 20.8 Å². The van der Waals surface area contributed by atoms with E-state index in [1.807, 2.05) is 20.8 Å². The van der Waals surface area contributed by atoms with Gasteiger partial charge in [-0.25, -0.2) is 0 Å². The van der Waals surface area contributed by atoms with Crippen LogP contribution in [0.25, 0.3) is 0 Å². The Morgan fingerprint density at radius 2 is 1.56 bits per heavy atom. The maximum Gasteiger partial charge on any atom is 0.0784 e. The highest BCUT2D eigenvalue weighted by molar-refractivity contribution is 4.87. The van der Waals surface area contributed by atoms with Crippen LogP contribution < -0.4 is 0 Å². The summed E-state index contributed by atoms with van der Waals surface area (Å²) in [6.45, 7) is 16.4. The third-order valence-corrected chi connectivity index (χ3v) is 1.69. The standard InChI is InChI=1S/C13H24O3/c1-11(2)8-14-6-7-15-10-13(5)16-9-12(3)4/h13H,1,3,6-10H2,2,4-5H3. The number of ether oxygens (including phenoxy) is 3. The molecule has 0 N–H and O–H groups in total. The second-order valence-electron chi connectivity index (χ2n) is 4.16. The number of hydrogen-bond donors (Lipinski definition) is 0. The zero-order chi connectivity index (χ0) is 12.4. The molecule has 0 radical (unpaired) electrons. The van der Waals surface area contributed by atoms with Crippen LogP contribution in [0.15, 0.2) is 24.3 Å². The molecule has 0 fully saturated rings. The van der Waals surface area contributed by atoms with E-state index in [2.05, 4.69) is 13.2 Å². The van der Waals surface area contributed by atoms with Crippen molar-refractivity contribution in [3.8, 4) is 0 Å². The molecule has 0 spiro atoms. The summed E-state index contributed by atoms with van der Waals surface area (Å²) in [4.78, 5) is 0. The van der Waals surface area contributed by atoms with Crippen molar-refractivity contribution in [2.45, 2.75) is 26.9 Å². The van der Waals surface area contributed by atoms with Crippen LogP contribution in [0.5, 0.6) is 0 Å². The fourth-order valence-electron chi connectivity index (χ4n) is 0.946. The summed E-state index contributed by atoms with van der Waals surface area (Å²) in [5, 5.41) is 0. The van der Waals surface area contributed by atoms with Crippen molar-refractivity contribution in [3.05, 3.63) is 24.3 Å². The van der Waals surface area contributed by atoms with Crippen molar-refractivity contribution in [3.63, 3.8) is 0 Å². The third kappa shape index (κ3) is 11.4. The molecule has 94 valence electrons. The Morgan fingerprint density at radius 1 is 1.00 bits per heavy atom. The highest BCUT2D eigenvalue weighted by atomic mass is 16.5. The van der Waals surface area contributed by atoms with Gasteiger partial charge in [-0.15, -0.1) is 0 Å². The Kier molecular flexibility index (Phi) is 9.19. The fraction of sp³-hybridized carbons (Fsp3) is 0.692. The molecule has 0 bridgehead atoms. The maximum atomic E-state index is 5.47. The first-order chi connectivity index (χ1) is 7.52. The highest BCUT2D eigenvalue weighted by Gasteiger charge is 2.01. The van der Waals surface area contributed by atoms with Gasteiger partial charge in [-0.2, -0.15) is 0 Å². The number of hydrogen-bond acceptors (Lipinski definition) is 3. The quantitative estimate of drug-likeness (QED) is 0.425. The molecule has 0 aromatic heterocycles. The monoisotopic (exact) mass is 228 g/mol. The molecule has 0 aliphatic heterocycles. The lowest BCUT2D eigenvalue weighted by atomic mass is 10.4. The molecule has 0 amide bonds. The van der Waals surface area contributed by atoms with Gasteiger partial charge in [-0.3, -0.25) is 0 Å². The zero-order valence-electron chi connectivity index (χ0n) is 10.8. The van der Waals surface area contributed by atoms with Gasteiger partial charge in [0, 0.05) is 0 Å². The summed E-state index contributed by atoms with van der Waals surface area (Å²) in [6, 6.07) is 0. The first kappa shape index (κ1) is 15.4. The van der Waals surface area contributed by atoms with Crippen LogP contribution in [0.2, 0.25) is 0 Å². The molecule has 0 aliphatic rings. The topological polar surface area (TPSA) is 27.7 Å².